The van der Waals surface area contributed by atoms with Crippen molar-refractivity contribution in [1.82, 2.24) is 0 Å². The van der Waals surface area contributed by atoms with Crippen molar-refractivity contribution in [3.63, 3.8) is 0 Å². The monoisotopic (exact) mass is 498 g/mol. The average Bonchev–Trinajstić information content (AvgIpc) is 2.78. The van der Waals surface area contributed by atoms with Gasteiger partial charge in [0.2, 0.25) is 0 Å². The Bertz CT molecular complexity index is 405. The van der Waals surface area contributed by atoms with E-state index in [0.29, 0.717) is 18.9 Å². The molecule has 31 heavy (non-hydrogen) atoms. The molecular formula is C28H51BrO2. The minimum absolute atomic E-state index is 0.00814. The van der Waals surface area contributed by atoms with Crippen molar-refractivity contribution in [2.75, 3.05) is 11.9 Å². The van der Waals surface area contributed by atoms with E-state index in [4.69, 9.17) is 4.74 Å². The molecule has 3 heteroatoms. The van der Waals surface area contributed by atoms with Gasteiger partial charge in [0.1, 0.15) is 0 Å². The zero-order valence-electron chi connectivity index (χ0n) is 20.7. The Labute approximate surface area is 202 Å². The summed E-state index contributed by atoms with van der Waals surface area (Å²) < 4.78 is 5.64. The summed E-state index contributed by atoms with van der Waals surface area (Å²) in [7, 11) is 0. The van der Waals surface area contributed by atoms with Crippen molar-refractivity contribution in [1.29, 1.82) is 0 Å². The van der Waals surface area contributed by atoms with Gasteiger partial charge in [-0.15, -0.1) is 0 Å². The summed E-state index contributed by atoms with van der Waals surface area (Å²) in [5, 5.41) is 1.02. The molecule has 0 rings (SSSR count). The molecule has 0 aliphatic carbocycles. The van der Waals surface area contributed by atoms with Gasteiger partial charge in [0, 0.05) is 11.8 Å². The lowest BCUT2D eigenvalue weighted by molar-refractivity contribution is -0.145. The van der Waals surface area contributed by atoms with E-state index in [-0.39, 0.29) is 5.97 Å². The topological polar surface area (TPSA) is 26.3 Å². The van der Waals surface area contributed by atoms with Crippen LogP contribution in [0, 0.1) is 5.92 Å². The number of esters is 1. The molecule has 0 bridgehead atoms. The van der Waals surface area contributed by atoms with Crippen LogP contribution in [0.15, 0.2) is 24.3 Å². The van der Waals surface area contributed by atoms with E-state index in [1.54, 1.807) is 0 Å². The third-order valence-electron chi connectivity index (χ3n) is 5.74. The summed E-state index contributed by atoms with van der Waals surface area (Å²) in [6.45, 7) is 5.11. The average molecular weight is 500 g/mol. The van der Waals surface area contributed by atoms with Gasteiger partial charge in [0.25, 0.3) is 0 Å². The van der Waals surface area contributed by atoms with E-state index >= 15 is 0 Å². The highest BCUT2D eigenvalue weighted by Crippen LogP contribution is 2.18. The van der Waals surface area contributed by atoms with E-state index in [2.05, 4.69) is 54.1 Å². The smallest absolute Gasteiger partial charge is 0.305 e. The van der Waals surface area contributed by atoms with Crippen LogP contribution >= 0.6 is 15.9 Å². The molecule has 0 amide bonds. The van der Waals surface area contributed by atoms with Crippen LogP contribution in [0.4, 0.5) is 0 Å². The normalized spacial score (nSPS) is 11.9. The molecule has 0 N–H and O–H groups in total. The number of carbonyl (C=O) groups excluding carboxylic acids is 1. The number of alkyl halides is 1. The fraction of sp³-hybridized carbons (Fsp3) is 0.821. The number of allylic oxidation sites excluding steroid dienone is 4. The fourth-order valence-corrected chi connectivity index (χ4v) is 4.08. The largest absolute Gasteiger partial charge is 0.465 e. The summed E-state index contributed by atoms with van der Waals surface area (Å²) >= 11 is 3.44. The number of unbranched alkanes of at least 4 members (excludes halogenated alkanes) is 10. The highest BCUT2D eigenvalue weighted by atomic mass is 79.9. The second-order valence-corrected chi connectivity index (χ2v) is 9.64. The number of hydrogen-bond donors (Lipinski definition) is 0. The second kappa shape index (κ2) is 25.7. The first-order chi connectivity index (χ1) is 15.2. The maximum Gasteiger partial charge on any atom is 0.305 e. The first kappa shape index (κ1) is 30.4. The molecule has 0 radical (unpaired) electrons. The van der Waals surface area contributed by atoms with Gasteiger partial charge in [0.05, 0.1) is 6.61 Å². The molecule has 182 valence electrons. The summed E-state index contributed by atoms with van der Waals surface area (Å²) in [4.78, 5) is 12.1. The van der Waals surface area contributed by atoms with Crippen molar-refractivity contribution < 1.29 is 9.53 Å². The molecule has 0 fully saturated rings. The first-order valence-electron chi connectivity index (χ1n) is 13.3. The van der Waals surface area contributed by atoms with Crippen LogP contribution in [0.25, 0.3) is 0 Å². The Morgan fingerprint density at radius 2 is 1.23 bits per heavy atom. The van der Waals surface area contributed by atoms with Gasteiger partial charge in [-0.25, -0.2) is 0 Å². The van der Waals surface area contributed by atoms with E-state index in [9.17, 15) is 4.79 Å². The molecule has 0 aromatic carbocycles. The molecule has 0 saturated carbocycles. The number of ether oxygens (including phenoxy) is 1. The number of hydrogen-bond acceptors (Lipinski definition) is 2. The Hall–Kier alpha value is -0.570. The predicted molar refractivity (Wildman–Crippen MR) is 141 cm³/mol. The molecular weight excluding hydrogens is 448 g/mol. The van der Waals surface area contributed by atoms with Crippen molar-refractivity contribution in [3.05, 3.63) is 24.3 Å². The van der Waals surface area contributed by atoms with Gasteiger partial charge in [-0.2, -0.15) is 0 Å². The Balaban J connectivity index is 4.14. The van der Waals surface area contributed by atoms with E-state index in [1.165, 1.54) is 64.2 Å². The lowest BCUT2D eigenvalue weighted by atomic mass is 9.96. The summed E-state index contributed by atoms with van der Waals surface area (Å²) in [5.74, 6) is 0.500. The van der Waals surface area contributed by atoms with E-state index in [1.807, 2.05) is 0 Å². The minimum atomic E-state index is -0.00814. The van der Waals surface area contributed by atoms with E-state index in [0.717, 1.165) is 50.3 Å². The quantitative estimate of drug-likeness (QED) is 0.0605. The van der Waals surface area contributed by atoms with Gasteiger partial charge in [-0.05, 0) is 83.0 Å². The molecule has 0 heterocycles. The molecule has 0 aromatic heterocycles. The fourth-order valence-electron chi connectivity index (χ4n) is 3.68. The molecule has 0 saturated heterocycles. The maximum atomic E-state index is 12.1. The van der Waals surface area contributed by atoms with Gasteiger partial charge in [-0.3, -0.25) is 4.79 Å². The zero-order chi connectivity index (χ0) is 22.8. The predicted octanol–water partition coefficient (Wildman–Crippen LogP) is 9.71. The molecule has 2 nitrogen and oxygen atoms in total. The van der Waals surface area contributed by atoms with Gasteiger partial charge >= 0.3 is 5.97 Å². The maximum absolute atomic E-state index is 12.1. The standard InChI is InChI=1S/C28H51BrO2/c1-3-5-7-9-11-13-15-18-22-27(23-19-16-14-12-10-8-6-4-2)26-31-28(30)24-20-17-21-25-29/h11-14,27H,3-10,15-26H2,1-2H3/b13-11-,14-12-. The summed E-state index contributed by atoms with van der Waals surface area (Å²) in [5.41, 5.74) is 0. The number of carbonyl (C=O) groups is 1. The van der Waals surface area contributed by atoms with Crippen LogP contribution in [0.5, 0.6) is 0 Å². The summed E-state index contributed by atoms with van der Waals surface area (Å²) in [6.07, 6.45) is 30.5. The highest BCUT2D eigenvalue weighted by Gasteiger charge is 2.11. The molecule has 0 unspecified atom stereocenters. The zero-order valence-corrected chi connectivity index (χ0v) is 22.3. The van der Waals surface area contributed by atoms with Crippen LogP contribution in [-0.2, 0) is 9.53 Å². The highest BCUT2D eigenvalue weighted by molar-refractivity contribution is 9.09. The van der Waals surface area contributed by atoms with Gasteiger partial charge in [-0.1, -0.05) is 86.2 Å². The van der Waals surface area contributed by atoms with E-state index < -0.39 is 0 Å². The van der Waals surface area contributed by atoms with Crippen LogP contribution in [-0.4, -0.2) is 17.9 Å². The number of rotatable bonds is 23. The van der Waals surface area contributed by atoms with Crippen LogP contribution in [0.2, 0.25) is 0 Å². The minimum Gasteiger partial charge on any atom is -0.465 e. The van der Waals surface area contributed by atoms with Gasteiger partial charge in [0.15, 0.2) is 0 Å². The SMILES string of the molecule is CCCCC/C=C\CCCC(CCC/C=C\CCCCC)COC(=O)CCCCCBr. The van der Waals surface area contributed by atoms with Crippen LogP contribution in [0.3, 0.4) is 0 Å². The Kier molecular flexibility index (Phi) is 25.2. The molecule has 0 spiro atoms. The molecule has 0 atom stereocenters. The lowest BCUT2D eigenvalue weighted by Gasteiger charge is -2.16. The molecule has 0 aromatic rings. The van der Waals surface area contributed by atoms with Gasteiger partial charge < -0.3 is 4.74 Å². The second-order valence-electron chi connectivity index (χ2n) is 8.84. The van der Waals surface area contributed by atoms with Crippen LogP contribution in [0.1, 0.15) is 129 Å². The Morgan fingerprint density at radius 1 is 0.710 bits per heavy atom. The van der Waals surface area contributed by atoms with Crippen molar-refractivity contribution in [3.8, 4) is 0 Å². The van der Waals surface area contributed by atoms with Crippen molar-refractivity contribution in [2.45, 2.75) is 129 Å². The van der Waals surface area contributed by atoms with Crippen LogP contribution < -0.4 is 0 Å². The molecule has 0 aliphatic heterocycles. The Morgan fingerprint density at radius 3 is 1.71 bits per heavy atom. The van der Waals surface area contributed by atoms with Crippen molar-refractivity contribution in [2.24, 2.45) is 5.92 Å². The third-order valence-corrected chi connectivity index (χ3v) is 6.30. The van der Waals surface area contributed by atoms with Crippen molar-refractivity contribution >= 4 is 21.9 Å². The summed E-state index contributed by atoms with van der Waals surface area (Å²) in [6, 6.07) is 0. The number of halogens is 1. The third kappa shape index (κ3) is 23.9. The lowest BCUT2D eigenvalue weighted by Crippen LogP contribution is -2.14. The molecule has 0 aliphatic rings. The first-order valence-corrected chi connectivity index (χ1v) is 14.4.